The van der Waals surface area contributed by atoms with Crippen molar-refractivity contribution in [2.45, 2.75) is 0 Å². The predicted molar refractivity (Wildman–Crippen MR) is 47.9 cm³/mol. The number of aromatic amines is 1. The van der Waals surface area contributed by atoms with E-state index in [0.717, 1.165) is 11.3 Å². The van der Waals surface area contributed by atoms with E-state index in [1.807, 2.05) is 30.5 Å². The summed E-state index contributed by atoms with van der Waals surface area (Å²) in [6, 6.07) is 11.0. The first kappa shape index (κ1) is 6.98. The van der Waals surface area contributed by atoms with E-state index in [0.29, 0.717) is 5.75 Å². The zero-order valence-corrected chi connectivity index (χ0v) is 6.49. The molecule has 0 fully saturated rings. The second-order valence-corrected chi connectivity index (χ2v) is 2.63. The highest BCUT2D eigenvalue weighted by Gasteiger charge is 1.95. The Bertz CT molecular complexity index is 348. The summed E-state index contributed by atoms with van der Waals surface area (Å²) in [5, 5.41) is 9.04. The monoisotopic (exact) mass is 159 g/mol. The minimum absolute atomic E-state index is 0.297. The van der Waals surface area contributed by atoms with E-state index in [-0.39, 0.29) is 0 Å². The summed E-state index contributed by atoms with van der Waals surface area (Å²) >= 11 is 0. The molecular weight excluding hydrogens is 150 g/mol. The Morgan fingerprint density at radius 3 is 2.33 bits per heavy atom. The van der Waals surface area contributed by atoms with Crippen LogP contribution in [0, 0.1) is 0 Å². The molecule has 0 aliphatic heterocycles. The number of phenols is 1. The number of nitrogens with one attached hydrogen (secondary N) is 1. The highest BCUT2D eigenvalue weighted by Crippen LogP contribution is 2.19. The smallest absolute Gasteiger partial charge is 0.115 e. The van der Waals surface area contributed by atoms with Gasteiger partial charge in [0.25, 0.3) is 0 Å². The molecule has 0 aliphatic carbocycles. The van der Waals surface area contributed by atoms with E-state index in [2.05, 4.69) is 4.98 Å². The van der Waals surface area contributed by atoms with Gasteiger partial charge in [0, 0.05) is 11.9 Å². The van der Waals surface area contributed by atoms with Crippen LogP contribution in [0.1, 0.15) is 0 Å². The summed E-state index contributed by atoms with van der Waals surface area (Å²) in [6.45, 7) is 0. The lowest BCUT2D eigenvalue weighted by molar-refractivity contribution is 0.475. The van der Waals surface area contributed by atoms with E-state index >= 15 is 0 Å². The number of hydrogen-bond acceptors (Lipinski definition) is 1. The van der Waals surface area contributed by atoms with Gasteiger partial charge in [0.1, 0.15) is 5.75 Å². The van der Waals surface area contributed by atoms with Gasteiger partial charge < -0.3 is 10.1 Å². The molecule has 1 heterocycles. The highest BCUT2D eigenvalue weighted by molar-refractivity contribution is 5.59. The van der Waals surface area contributed by atoms with E-state index in [1.165, 1.54) is 0 Å². The van der Waals surface area contributed by atoms with Crippen LogP contribution in [0.25, 0.3) is 11.3 Å². The molecule has 0 aliphatic rings. The summed E-state index contributed by atoms with van der Waals surface area (Å²) in [7, 11) is 0. The van der Waals surface area contributed by atoms with E-state index < -0.39 is 0 Å². The maximum Gasteiger partial charge on any atom is 0.115 e. The maximum atomic E-state index is 9.04. The SMILES string of the molecule is Oc1ccc(-c2ccc[nH]2)cc1. The molecule has 2 rings (SSSR count). The Kier molecular flexibility index (Phi) is 1.59. The first-order valence-corrected chi connectivity index (χ1v) is 3.79. The van der Waals surface area contributed by atoms with Crippen molar-refractivity contribution in [2.24, 2.45) is 0 Å². The van der Waals surface area contributed by atoms with E-state index in [1.54, 1.807) is 12.1 Å². The molecule has 2 nitrogen and oxygen atoms in total. The summed E-state index contributed by atoms with van der Waals surface area (Å²) < 4.78 is 0. The third-order valence-electron chi connectivity index (χ3n) is 1.78. The Balaban J connectivity index is 2.43. The van der Waals surface area contributed by atoms with Gasteiger partial charge in [0.2, 0.25) is 0 Å². The van der Waals surface area contributed by atoms with Crippen molar-refractivity contribution in [3.8, 4) is 17.0 Å². The molecule has 0 spiro atoms. The van der Waals surface area contributed by atoms with Crippen molar-refractivity contribution < 1.29 is 5.11 Å². The van der Waals surface area contributed by atoms with Crippen molar-refractivity contribution in [2.75, 3.05) is 0 Å². The third-order valence-corrected chi connectivity index (χ3v) is 1.78. The number of phenolic OH excluding ortho intramolecular Hbond substituents is 1. The van der Waals surface area contributed by atoms with Crippen LogP contribution in [0.3, 0.4) is 0 Å². The van der Waals surface area contributed by atoms with Crippen LogP contribution >= 0.6 is 0 Å². The lowest BCUT2D eigenvalue weighted by atomic mass is 10.1. The van der Waals surface area contributed by atoms with Crippen molar-refractivity contribution >= 4 is 0 Å². The van der Waals surface area contributed by atoms with E-state index in [4.69, 9.17) is 5.11 Å². The van der Waals surface area contributed by atoms with Gasteiger partial charge in [0.15, 0.2) is 0 Å². The molecule has 0 amide bonds. The van der Waals surface area contributed by atoms with Crippen LogP contribution in [0.15, 0.2) is 42.6 Å². The summed E-state index contributed by atoms with van der Waals surface area (Å²) in [6.07, 6.45) is 1.88. The van der Waals surface area contributed by atoms with Gasteiger partial charge in [-0.1, -0.05) is 0 Å². The fourth-order valence-electron chi connectivity index (χ4n) is 1.15. The van der Waals surface area contributed by atoms with Gasteiger partial charge in [0.05, 0.1) is 0 Å². The van der Waals surface area contributed by atoms with Gasteiger partial charge in [-0.25, -0.2) is 0 Å². The average molecular weight is 159 g/mol. The van der Waals surface area contributed by atoms with Gasteiger partial charge in [-0.05, 0) is 42.0 Å². The molecule has 0 saturated carbocycles. The van der Waals surface area contributed by atoms with Crippen LogP contribution in [0.5, 0.6) is 5.75 Å². The Labute approximate surface area is 70.5 Å². The highest BCUT2D eigenvalue weighted by atomic mass is 16.3. The fraction of sp³-hybridized carbons (Fsp3) is 0. The first-order chi connectivity index (χ1) is 5.86. The van der Waals surface area contributed by atoms with Crippen molar-refractivity contribution in [3.05, 3.63) is 42.6 Å². The Morgan fingerprint density at radius 1 is 1.00 bits per heavy atom. The second-order valence-electron chi connectivity index (χ2n) is 2.63. The number of benzene rings is 1. The van der Waals surface area contributed by atoms with Crippen LogP contribution in [0.2, 0.25) is 0 Å². The summed E-state index contributed by atoms with van der Waals surface area (Å²) in [5.41, 5.74) is 2.15. The minimum atomic E-state index is 0.297. The zero-order valence-electron chi connectivity index (χ0n) is 6.49. The number of aromatic hydroxyl groups is 1. The molecule has 2 aromatic rings. The summed E-state index contributed by atoms with van der Waals surface area (Å²) in [4.78, 5) is 3.09. The topological polar surface area (TPSA) is 36.0 Å². The lowest BCUT2D eigenvalue weighted by Gasteiger charge is -1.96. The molecule has 2 heteroatoms. The van der Waals surface area contributed by atoms with Gasteiger partial charge in [-0.2, -0.15) is 0 Å². The molecule has 60 valence electrons. The number of hydrogen-bond donors (Lipinski definition) is 2. The zero-order chi connectivity index (χ0) is 8.39. The first-order valence-electron chi connectivity index (χ1n) is 3.79. The van der Waals surface area contributed by atoms with Crippen LogP contribution in [-0.2, 0) is 0 Å². The molecule has 0 bridgehead atoms. The van der Waals surface area contributed by atoms with Gasteiger partial charge >= 0.3 is 0 Å². The molecule has 1 aromatic carbocycles. The van der Waals surface area contributed by atoms with Crippen LogP contribution in [-0.4, -0.2) is 10.1 Å². The third kappa shape index (κ3) is 1.19. The molecule has 0 radical (unpaired) electrons. The van der Waals surface area contributed by atoms with Crippen molar-refractivity contribution in [1.82, 2.24) is 4.98 Å². The largest absolute Gasteiger partial charge is 0.508 e. The molecular formula is C10H9NO. The number of aromatic nitrogens is 1. The van der Waals surface area contributed by atoms with Gasteiger partial charge in [-0.3, -0.25) is 0 Å². The minimum Gasteiger partial charge on any atom is -0.508 e. The van der Waals surface area contributed by atoms with Crippen molar-refractivity contribution in [1.29, 1.82) is 0 Å². The maximum absolute atomic E-state index is 9.04. The quantitative estimate of drug-likeness (QED) is 0.658. The van der Waals surface area contributed by atoms with Crippen LogP contribution < -0.4 is 0 Å². The predicted octanol–water partition coefficient (Wildman–Crippen LogP) is 2.39. The normalized spacial score (nSPS) is 10.0. The fourth-order valence-corrected chi connectivity index (χ4v) is 1.15. The van der Waals surface area contributed by atoms with Crippen LogP contribution in [0.4, 0.5) is 0 Å². The molecule has 0 atom stereocenters. The standard InChI is InChI=1S/C10H9NO/c12-9-5-3-8(4-6-9)10-2-1-7-11-10/h1-7,11-12H. The second kappa shape index (κ2) is 2.74. The molecule has 2 N–H and O–H groups in total. The molecule has 12 heavy (non-hydrogen) atoms. The van der Waals surface area contributed by atoms with Gasteiger partial charge in [-0.15, -0.1) is 0 Å². The summed E-state index contributed by atoms with van der Waals surface area (Å²) in [5.74, 6) is 0.297. The van der Waals surface area contributed by atoms with Crippen molar-refractivity contribution in [3.63, 3.8) is 0 Å². The average Bonchev–Trinajstić information content (AvgIpc) is 2.58. The Hall–Kier alpha value is -1.70. The molecule has 0 saturated heterocycles. The number of H-pyrrole nitrogens is 1. The Morgan fingerprint density at radius 2 is 1.75 bits per heavy atom. The van der Waals surface area contributed by atoms with E-state index in [9.17, 15) is 0 Å². The molecule has 0 unspecified atom stereocenters. The lowest BCUT2D eigenvalue weighted by Crippen LogP contribution is -1.74. The number of rotatable bonds is 1. The molecule has 1 aromatic heterocycles.